The van der Waals surface area contributed by atoms with E-state index in [9.17, 15) is 9.18 Å². The van der Waals surface area contributed by atoms with Gasteiger partial charge in [0.2, 0.25) is 0 Å². The second-order valence-electron chi connectivity index (χ2n) is 4.75. The topological polar surface area (TPSA) is 40.5 Å². The molecule has 1 N–H and O–H groups in total. The van der Waals surface area contributed by atoms with E-state index >= 15 is 0 Å². The molecular formula is C14H18FNO2. The first-order valence-corrected chi connectivity index (χ1v) is 6.43. The summed E-state index contributed by atoms with van der Waals surface area (Å²) in [7, 11) is 0. The van der Waals surface area contributed by atoms with E-state index in [2.05, 4.69) is 11.8 Å². The summed E-state index contributed by atoms with van der Waals surface area (Å²) >= 11 is 0. The number of halogens is 1. The van der Waals surface area contributed by atoms with E-state index in [1.165, 1.54) is 12.1 Å². The zero-order chi connectivity index (χ0) is 13.1. The molecule has 0 unspecified atom stereocenters. The van der Waals surface area contributed by atoms with Gasteiger partial charge in [-0.2, -0.15) is 0 Å². The van der Waals surface area contributed by atoms with Crippen molar-refractivity contribution < 1.29 is 14.3 Å². The van der Waals surface area contributed by atoms with Crippen molar-refractivity contribution in [3.8, 4) is 0 Å². The van der Waals surface area contributed by atoms with Crippen LogP contribution in [0.25, 0.3) is 0 Å². The molecule has 0 atom stereocenters. The molecule has 0 saturated heterocycles. The van der Waals surface area contributed by atoms with Crippen LogP contribution < -0.4 is 4.90 Å². The van der Waals surface area contributed by atoms with Gasteiger partial charge in [0.25, 0.3) is 0 Å². The van der Waals surface area contributed by atoms with Gasteiger partial charge in [0.05, 0.1) is 5.56 Å². The van der Waals surface area contributed by atoms with E-state index in [0.717, 1.165) is 37.9 Å². The number of hydrogen-bond acceptors (Lipinski definition) is 2. The molecule has 0 aromatic heterocycles. The Labute approximate surface area is 106 Å². The standard InChI is InChI=1S/C14H18FNO2/c1-2-3-8-16(10-4-5-10)11-6-7-12(14(17)18)13(15)9-11/h6-7,9-10H,2-5,8H2,1H3,(H,17,18). The number of hydrogen-bond donors (Lipinski definition) is 1. The SMILES string of the molecule is CCCCN(c1ccc(C(=O)O)c(F)c1)C1CC1. The van der Waals surface area contributed by atoms with Crippen LogP contribution in [-0.2, 0) is 0 Å². The Balaban J connectivity index is 2.19. The van der Waals surface area contributed by atoms with Crippen molar-refractivity contribution in [3.05, 3.63) is 29.6 Å². The first-order chi connectivity index (χ1) is 8.63. The Bertz CT molecular complexity index is 443. The zero-order valence-corrected chi connectivity index (χ0v) is 10.5. The van der Waals surface area contributed by atoms with Crippen LogP contribution in [0.2, 0.25) is 0 Å². The van der Waals surface area contributed by atoms with Gasteiger partial charge in [-0.1, -0.05) is 13.3 Å². The fraction of sp³-hybridized carbons (Fsp3) is 0.500. The van der Waals surface area contributed by atoms with Gasteiger partial charge in [-0.05, 0) is 37.5 Å². The number of anilines is 1. The second-order valence-corrected chi connectivity index (χ2v) is 4.75. The molecule has 0 amide bonds. The molecule has 18 heavy (non-hydrogen) atoms. The lowest BCUT2D eigenvalue weighted by Gasteiger charge is -2.24. The molecule has 1 saturated carbocycles. The summed E-state index contributed by atoms with van der Waals surface area (Å²) in [6, 6.07) is 4.92. The summed E-state index contributed by atoms with van der Waals surface area (Å²) in [6.45, 7) is 3.03. The molecule has 2 rings (SSSR count). The predicted molar refractivity (Wildman–Crippen MR) is 68.6 cm³/mol. The summed E-state index contributed by atoms with van der Waals surface area (Å²) in [4.78, 5) is 13.0. The van der Waals surface area contributed by atoms with Crippen LogP contribution in [0.3, 0.4) is 0 Å². The maximum Gasteiger partial charge on any atom is 0.338 e. The molecule has 1 aliphatic rings. The fourth-order valence-corrected chi connectivity index (χ4v) is 2.09. The first-order valence-electron chi connectivity index (χ1n) is 6.43. The number of benzene rings is 1. The van der Waals surface area contributed by atoms with Crippen LogP contribution in [0.1, 0.15) is 43.0 Å². The van der Waals surface area contributed by atoms with Gasteiger partial charge in [0.15, 0.2) is 0 Å². The highest BCUT2D eigenvalue weighted by molar-refractivity contribution is 5.88. The normalized spacial score (nSPS) is 14.6. The van der Waals surface area contributed by atoms with E-state index in [1.807, 2.05) is 0 Å². The molecular weight excluding hydrogens is 233 g/mol. The average Bonchev–Trinajstić information content (AvgIpc) is 3.13. The smallest absolute Gasteiger partial charge is 0.338 e. The number of nitrogens with zero attached hydrogens (tertiary/aromatic N) is 1. The van der Waals surface area contributed by atoms with Crippen molar-refractivity contribution in [2.24, 2.45) is 0 Å². The average molecular weight is 251 g/mol. The van der Waals surface area contributed by atoms with Crippen LogP contribution in [0.5, 0.6) is 0 Å². The lowest BCUT2D eigenvalue weighted by atomic mass is 10.1. The quantitative estimate of drug-likeness (QED) is 0.843. The van der Waals surface area contributed by atoms with Gasteiger partial charge in [0.1, 0.15) is 5.82 Å². The van der Waals surface area contributed by atoms with E-state index in [1.54, 1.807) is 6.07 Å². The maximum atomic E-state index is 13.7. The Morgan fingerprint density at radius 2 is 2.22 bits per heavy atom. The molecule has 0 spiro atoms. The van der Waals surface area contributed by atoms with Crippen LogP contribution in [0.15, 0.2) is 18.2 Å². The number of unbranched alkanes of at least 4 members (excludes halogenated alkanes) is 1. The molecule has 0 heterocycles. The van der Waals surface area contributed by atoms with Crippen molar-refractivity contribution in [1.29, 1.82) is 0 Å². The van der Waals surface area contributed by atoms with Crippen molar-refractivity contribution in [2.45, 2.75) is 38.6 Å². The van der Waals surface area contributed by atoms with Crippen molar-refractivity contribution >= 4 is 11.7 Å². The molecule has 98 valence electrons. The monoisotopic (exact) mass is 251 g/mol. The lowest BCUT2D eigenvalue weighted by Crippen LogP contribution is -2.27. The Hall–Kier alpha value is -1.58. The van der Waals surface area contributed by atoms with Crippen molar-refractivity contribution in [1.82, 2.24) is 0 Å². The number of carboxylic acids is 1. The van der Waals surface area contributed by atoms with Crippen molar-refractivity contribution in [2.75, 3.05) is 11.4 Å². The summed E-state index contributed by atoms with van der Waals surface area (Å²) in [6.07, 6.45) is 4.45. The van der Waals surface area contributed by atoms with Gasteiger partial charge >= 0.3 is 5.97 Å². The minimum Gasteiger partial charge on any atom is -0.478 e. The zero-order valence-electron chi connectivity index (χ0n) is 10.5. The number of aromatic carboxylic acids is 1. The van der Waals surface area contributed by atoms with Gasteiger partial charge in [-0.15, -0.1) is 0 Å². The Morgan fingerprint density at radius 1 is 1.50 bits per heavy atom. The molecule has 1 aromatic rings. The summed E-state index contributed by atoms with van der Waals surface area (Å²) in [5, 5.41) is 8.80. The van der Waals surface area contributed by atoms with Gasteiger partial charge in [0, 0.05) is 18.3 Å². The summed E-state index contributed by atoms with van der Waals surface area (Å²) in [5.41, 5.74) is 0.540. The molecule has 3 nitrogen and oxygen atoms in total. The van der Waals surface area contributed by atoms with Crippen LogP contribution in [-0.4, -0.2) is 23.7 Å². The maximum absolute atomic E-state index is 13.7. The van der Waals surface area contributed by atoms with Crippen LogP contribution in [0.4, 0.5) is 10.1 Å². The molecule has 0 radical (unpaired) electrons. The third-order valence-electron chi connectivity index (χ3n) is 3.25. The van der Waals surface area contributed by atoms with E-state index in [0.29, 0.717) is 6.04 Å². The minimum atomic E-state index is -1.22. The van der Waals surface area contributed by atoms with Crippen LogP contribution in [0, 0.1) is 5.82 Å². The third-order valence-corrected chi connectivity index (χ3v) is 3.25. The molecule has 1 aromatic carbocycles. The highest BCUT2D eigenvalue weighted by atomic mass is 19.1. The molecule has 0 aliphatic heterocycles. The van der Waals surface area contributed by atoms with E-state index in [4.69, 9.17) is 5.11 Å². The van der Waals surface area contributed by atoms with Gasteiger partial charge < -0.3 is 10.0 Å². The number of rotatable bonds is 6. The highest BCUT2D eigenvalue weighted by Gasteiger charge is 2.29. The van der Waals surface area contributed by atoms with Crippen LogP contribution >= 0.6 is 0 Å². The highest BCUT2D eigenvalue weighted by Crippen LogP contribution is 2.32. The molecule has 0 bridgehead atoms. The minimum absolute atomic E-state index is 0.259. The molecule has 4 heteroatoms. The van der Waals surface area contributed by atoms with Crippen molar-refractivity contribution in [3.63, 3.8) is 0 Å². The Kier molecular flexibility index (Phi) is 3.84. The largest absolute Gasteiger partial charge is 0.478 e. The first kappa shape index (κ1) is 12.9. The predicted octanol–water partition coefficient (Wildman–Crippen LogP) is 3.29. The number of carbonyl (C=O) groups is 1. The van der Waals surface area contributed by atoms with E-state index in [-0.39, 0.29) is 5.56 Å². The van der Waals surface area contributed by atoms with E-state index < -0.39 is 11.8 Å². The number of carboxylic acid groups (broad SMARTS) is 1. The Morgan fingerprint density at radius 3 is 2.72 bits per heavy atom. The fourth-order valence-electron chi connectivity index (χ4n) is 2.09. The molecule has 1 aliphatic carbocycles. The van der Waals surface area contributed by atoms with Gasteiger partial charge in [-0.25, -0.2) is 9.18 Å². The summed E-state index contributed by atoms with van der Waals surface area (Å²) < 4.78 is 13.7. The lowest BCUT2D eigenvalue weighted by molar-refractivity contribution is 0.0692. The second kappa shape index (κ2) is 5.38. The molecule has 1 fully saturated rings. The summed E-state index contributed by atoms with van der Waals surface area (Å²) in [5.74, 6) is -1.87. The van der Waals surface area contributed by atoms with Gasteiger partial charge in [-0.3, -0.25) is 0 Å². The third kappa shape index (κ3) is 2.81.